The van der Waals surface area contributed by atoms with Gasteiger partial charge in [0.1, 0.15) is 17.8 Å². The van der Waals surface area contributed by atoms with E-state index in [9.17, 15) is 17.9 Å². The first kappa shape index (κ1) is 26.5. The second-order valence-electron chi connectivity index (χ2n) is 10.5. The van der Waals surface area contributed by atoms with E-state index >= 15 is 0 Å². The second-order valence-corrected chi connectivity index (χ2v) is 12.5. The number of alkyl halides is 1. The van der Waals surface area contributed by atoms with Gasteiger partial charge in [-0.15, -0.1) is 0 Å². The van der Waals surface area contributed by atoms with Gasteiger partial charge in [0, 0.05) is 50.1 Å². The zero-order valence-electron chi connectivity index (χ0n) is 22.0. The van der Waals surface area contributed by atoms with Crippen LogP contribution in [0.1, 0.15) is 31.7 Å². The Balaban J connectivity index is 1.39. The summed E-state index contributed by atoms with van der Waals surface area (Å²) in [5.41, 5.74) is 2.21. The number of benzene rings is 1. The van der Waals surface area contributed by atoms with Gasteiger partial charge >= 0.3 is 0 Å². The molecule has 1 aromatic carbocycles. The lowest BCUT2D eigenvalue weighted by Crippen LogP contribution is -2.59. The van der Waals surface area contributed by atoms with Crippen LogP contribution in [-0.2, 0) is 10.0 Å². The minimum Gasteiger partial charge on any atom is -0.390 e. The fourth-order valence-electron chi connectivity index (χ4n) is 5.02. The quantitative estimate of drug-likeness (QED) is 0.464. The van der Waals surface area contributed by atoms with E-state index in [0.717, 1.165) is 16.5 Å². The Morgan fingerprint density at radius 3 is 2.55 bits per heavy atom. The van der Waals surface area contributed by atoms with Crippen molar-refractivity contribution in [3.05, 3.63) is 42.2 Å². The largest absolute Gasteiger partial charge is 0.390 e. The highest BCUT2D eigenvalue weighted by atomic mass is 32.2. The molecule has 0 spiro atoms. The van der Waals surface area contributed by atoms with Crippen molar-refractivity contribution in [2.24, 2.45) is 0 Å². The van der Waals surface area contributed by atoms with Crippen molar-refractivity contribution in [1.29, 1.82) is 0 Å². The van der Waals surface area contributed by atoms with Crippen LogP contribution in [0.4, 0.5) is 27.7 Å². The van der Waals surface area contributed by atoms with Gasteiger partial charge in [-0.05, 0) is 41.5 Å². The van der Waals surface area contributed by atoms with E-state index in [-0.39, 0.29) is 18.5 Å². The van der Waals surface area contributed by atoms with Gasteiger partial charge in [-0.3, -0.25) is 0 Å². The van der Waals surface area contributed by atoms with Gasteiger partial charge in [0.2, 0.25) is 16.0 Å². The molecule has 0 aliphatic carbocycles. The summed E-state index contributed by atoms with van der Waals surface area (Å²) in [6, 6.07) is 7.90. The maximum absolute atomic E-state index is 14.0. The SMILES string of the molecule is CC(C)c1ccc(N2CC(N(C)S(C)(=O)=O)C2)c2cnc(Nc3ccnc(N4CC[C@@H](O)[C@@H](F)C4)n3)cc12. The highest BCUT2D eigenvalue weighted by Gasteiger charge is 2.35. The Hall–Kier alpha value is -3.09. The highest BCUT2D eigenvalue weighted by Crippen LogP contribution is 2.36. The molecule has 2 fully saturated rings. The minimum atomic E-state index is -3.24. The Bertz CT molecular complexity index is 1430. The number of sulfonamides is 1. The lowest BCUT2D eigenvalue weighted by atomic mass is 9.94. The lowest BCUT2D eigenvalue weighted by Gasteiger charge is -2.44. The van der Waals surface area contributed by atoms with Gasteiger partial charge in [0.25, 0.3) is 0 Å². The van der Waals surface area contributed by atoms with Gasteiger partial charge in [-0.25, -0.2) is 22.8 Å². The lowest BCUT2D eigenvalue weighted by molar-refractivity contribution is 0.0612. The predicted molar refractivity (Wildman–Crippen MR) is 147 cm³/mol. The van der Waals surface area contributed by atoms with Crippen molar-refractivity contribution in [2.75, 3.05) is 54.6 Å². The van der Waals surface area contributed by atoms with Crippen LogP contribution in [0.2, 0.25) is 0 Å². The molecule has 38 heavy (non-hydrogen) atoms. The van der Waals surface area contributed by atoms with Crippen LogP contribution in [0.3, 0.4) is 0 Å². The molecule has 10 nitrogen and oxygen atoms in total. The van der Waals surface area contributed by atoms with Gasteiger partial charge in [-0.2, -0.15) is 9.29 Å². The van der Waals surface area contributed by atoms with Crippen LogP contribution in [-0.4, -0.2) is 90.6 Å². The number of rotatable bonds is 7. The Morgan fingerprint density at radius 1 is 1.11 bits per heavy atom. The molecule has 4 heterocycles. The average Bonchev–Trinajstić information content (AvgIpc) is 2.84. The van der Waals surface area contributed by atoms with Crippen molar-refractivity contribution >= 4 is 44.1 Å². The van der Waals surface area contributed by atoms with Gasteiger partial charge < -0.3 is 20.2 Å². The number of aromatic nitrogens is 3. The van der Waals surface area contributed by atoms with Crippen LogP contribution in [0, 0.1) is 0 Å². The standard InChI is InChI=1S/C26H34FN7O3S/c1-16(2)18-5-6-22(34-13-17(14-34)32(3)38(4,36)37)20-12-29-25(11-19(18)20)30-24-7-9-28-26(31-24)33-10-8-23(35)21(27)15-33/h5-7,9,11-12,16-17,21,23,35H,8,10,13-15H2,1-4H3,(H,28,29,30,31)/t21-,23+/m0/s1. The third kappa shape index (κ3) is 5.25. The summed E-state index contributed by atoms with van der Waals surface area (Å²) in [4.78, 5) is 17.4. The maximum Gasteiger partial charge on any atom is 0.227 e. The summed E-state index contributed by atoms with van der Waals surface area (Å²) in [5.74, 6) is 1.86. The zero-order chi connectivity index (χ0) is 27.2. The number of fused-ring (bicyclic) bond motifs is 1. The number of anilines is 4. The van der Waals surface area contributed by atoms with Crippen molar-refractivity contribution in [2.45, 2.75) is 44.5 Å². The first-order valence-electron chi connectivity index (χ1n) is 12.8. The van der Waals surface area contributed by atoms with E-state index in [1.165, 1.54) is 16.1 Å². The number of pyridine rings is 1. The molecule has 2 aromatic heterocycles. The summed E-state index contributed by atoms with van der Waals surface area (Å²) in [7, 11) is -1.61. The molecule has 2 N–H and O–H groups in total. The molecule has 12 heteroatoms. The van der Waals surface area contributed by atoms with Gasteiger partial charge in [-0.1, -0.05) is 19.9 Å². The van der Waals surface area contributed by atoms with E-state index in [2.05, 4.69) is 51.1 Å². The van der Waals surface area contributed by atoms with E-state index in [0.29, 0.717) is 43.6 Å². The fourth-order valence-corrected chi connectivity index (χ4v) is 5.70. The molecule has 5 rings (SSSR count). The van der Waals surface area contributed by atoms with Crippen molar-refractivity contribution in [3.63, 3.8) is 0 Å². The average molecular weight is 544 g/mol. The van der Waals surface area contributed by atoms with Crippen LogP contribution in [0.5, 0.6) is 0 Å². The van der Waals surface area contributed by atoms with Crippen LogP contribution >= 0.6 is 0 Å². The molecular formula is C26H34FN7O3S. The molecule has 2 atom stereocenters. The molecule has 0 amide bonds. The molecule has 0 unspecified atom stereocenters. The van der Waals surface area contributed by atoms with E-state index in [1.807, 2.05) is 12.3 Å². The number of aliphatic hydroxyl groups excluding tert-OH is 1. The Labute approximate surface area is 222 Å². The monoisotopic (exact) mass is 543 g/mol. The zero-order valence-corrected chi connectivity index (χ0v) is 22.9. The molecule has 2 aliphatic rings. The number of likely N-dealkylation sites (N-methyl/N-ethyl adjacent to an activating group) is 1. The molecule has 2 saturated heterocycles. The minimum absolute atomic E-state index is 0.0523. The summed E-state index contributed by atoms with van der Waals surface area (Å²) < 4.78 is 39.3. The van der Waals surface area contributed by atoms with E-state index < -0.39 is 22.3 Å². The summed E-state index contributed by atoms with van der Waals surface area (Å²) >= 11 is 0. The molecule has 2 aliphatic heterocycles. The topological polar surface area (TPSA) is 115 Å². The van der Waals surface area contributed by atoms with Crippen LogP contribution < -0.4 is 15.1 Å². The number of hydrogen-bond acceptors (Lipinski definition) is 9. The maximum atomic E-state index is 14.0. The van der Waals surface area contributed by atoms with Crippen LogP contribution in [0.25, 0.3) is 10.8 Å². The number of nitrogens with zero attached hydrogens (tertiary/aromatic N) is 6. The van der Waals surface area contributed by atoms with E-state index in [1.54, 1.807) is 24.2 Å². The number of nitrogens with one attached hydrogen (secondary N) is 1. The second kappa shape index (κ2) is 10.2. The van der Waals surface area contributed by atoms with Crippen molar-refractivity contribution in [1.82, 2.24) is 19.3 Å². The molecular weight excluding hydrogens is 509 g/mol. The number of piperidine rings is 1. The third-order valence-corrected chi connectivity index (χ3v) is 8.81. The Kier molecular flexibility index (Phi) is 7.14. The first-order chi connectivity index (χ1) is 18.0. The summed E-state index contributed by atoms with van der Waals surface area (Å²) in [6.07, 6.45) is 2.75. The highest BCUT2D eigenvalue weighted by molar-refractivity contribution is 7.88. The fraction of sp³-hybridized carbons (Fsp3) is 0.500. The molecule has 204 valence electrons. The summed E-state index contributed by atoms with van der Waals surface area (Å²) in [6.45, 7) is 6.07. The molecule has 0 radical (unpaired) electrons. The number of aliphatic hydroxyl groups is 1. The van der Waals surface area contributed by atoms with Crippen LogP contribution in [0.15, 0.2) is 36.7 Å². The molecule has 0 bridgehead atoms. The normalized spacial score (nSPS) is 20.8. The molecule has 3 aromatic rings. The first-order valence-corrected chi connectivity index (χ1v) is 14.6. The van der Waals surface area contributed by atoms with E-state index in [4.69, 9.17) is 0 Å². The van der Waals surface area contributed by atoms with Crippen molar-refractivity contribution < 1.29 is 17.9 Å². The Morgan fingerprint density at radius 2 is 1.87 bits per heavy atom. The van der Waals surface area contributed by atoms with Gasteiger partial charge in [0.15, 0.2) is 0 Å². The van der Waals surface area contributed by atoms with Gasteiger partial charge in [0.05, 0.1) is 24.9 Å². The smallest absolute Gasteiger partial charge is 0.227 e. The summed E-state index contributed by atoms with van der Waals surface area (Å²) in [5, 5.41) is 15.0. The third-order valence-electron chi connectivity index (χ3n) is 7.46. The number of hydrogen-bond donors (Lipinski definition) is 2. The van der Waals surface area contributed by atoms with Crippen molar-refractivity contribution in [3.8, 4) is 0 Å². The molecule has 0 saturated carbocycles. The number of halogens is 1. The predicted octanol–water partition coefficient (Wildman–Crippen LogP) is 2.88.